The number of benzene rings is 7. The normalized spacial score (nSPS) is 15.3. The maximum Gasteiger partial charge on any atom is 0.143 e. The molecule has 2 nitrogen and oxygen atoms in total. The van der Waals surface area contributed by atoms with E-state index in [1.54, 1.807) is 48.5 Å². The average Bonchev–Trinajstić information content (AvgIpc) is 3.54. The monoisotopic (exact) mass is 522 g/mol. The van der Waals surface area contributed by atoms with Gasteiger partial charge in [0, 0.05) is 21.8 Å². The number of hydrogen-bond acceptors (Lipinski definition) is 2. The standard InChI is InChI=1S/C38H25NO/c1-2-10-26(11-3-1)27-20-23-30(24-21-27)39(34-17-8-14-28-12-4-6-15-31(28)34)35-18-9-19-36-37(35)33-25-22-29-13-5-7-16-32(29)38(33)40-36/h1-25H/i4D,6D,8D,12D,14D,15D,17D,20D,21D,23D,24D. The van der Waals surface area contributed by atoms with Crippen LogP contribution in [0.5, 0.6) is 0 Å². The first kappa shape index (κ1) is 14.2. The quantitative estimate of drug-likeness (QED) is 0.228. The Labute approximate surface area is 247 Å². The van der Waals surface area contributed by atoms with Gasteiger partial charge >= 0.3 is 0 Å². The number of fused-ring (bicyclic) bond motifs is 6. The van der Waals surface area contributed by atoms with Crippen molar-refractivity contribution < 1.29 is 19.5 Å². The van der Waals surface area contributed by atoms with E-state index in [0.29, 0.717) is 27.5 Å². The van der Waals surface area contributed by atoms with Gasteiger partial charge in [0.2, 0.25) is 0 Å². The molecular formula is C38H25NO. The molecule has 0 N–H and O–H groups in total. The molecule has 0 saturated carbocycles. The van der Waals surface area contributed by atoms with Crippen LogP contribution in [0.3, 0.4) is 0 Å². The van der Waals surface area contributed by atoms with Crippen molar-refractivity contribution in [3.8, 4) is 11.1 Å². The highest BCUT2D eigenvalue weighted by atomic mass is 16.3. The van der Waals surface area contributed by atoms with Crippen LogP contribution in [0.15, 0.2) is 156 Å². The van der Waals surface area contributed by atoms with Gasteiger partial charge in [-0.15, -0.1) is 0 Å². The number of hydrogen-bond donors (Lipinski definition) is 0. The molecule has 8 aromatic rings. The highest BCUT2D eigenvalue weighted by Gasteiger charge is 2.21. The van der Waals surface area contributed by atoms with Gasteiger partial charge in [-0.3, -0.25) is 0 Å². The predicted molar refractivity (Wildman–Crippen MR) is 169 cm³/mol. The molecule has 8 rings (SSSR count). The van der Waals surface area contributed by atoms with E-state index < -0.39 is 54.4 Å². The van der Waals surface area contributed by atoms with Crippen molar-refractivity contribution in [1.82, 2.24) is 0 Å². The van der Waals surface area contributed by atoms with Gasteiger partial charge in [0.25, 0.3) is 0 Å². The minimum absolute atomic E-state index is 0.0494. The Morgan fingerprint density at radius 1 is 0.500 bits per heavy atom. The van der Waals surface area contributed by atoms with Gasteiger partial charge in [-0.2, -0.15) is 0 Å². The van der Waals surface area contributed by atoms with Crippen molar-refractivity contribution in [1.29, 1.82) is 0 Å². The van der Waals surface area contributed by atoms with Gasteiger partial charge in [0.15, 0.2) is 0 Å². The van der Waals surface area contributed by atoms with Gasteiger partial charge < -0.3 is 9.32 Å². The molecule has 0 aliphatic rings. The topological polar surface area (TPSA) is 16.4 Å². The molecule has 7 aromatic carbocycles. The summed E-state index contributed by atoms with van der Waals surface area (Å²) in [6.45, 7) is 0. The molecule has 0 bridgehead atoms. The molecule has 0 amide bonds. The minimum atomic E-state index is -0.640. The second kappa shape index (κ2) is 9.14. The Morgan fingerprint density at radius 2 is 1.30 bits per heavy atom. The number of rotatable bonds is 4. The van der Waals surface area contributed by atoms with Crippen LogP contribution in [-0.4, -0.2) is 0 Å². The molecule has 0 saturated heterocycles. The van der Waals surface area contributed by atoms with Crippen LogP contribution in [-0.2, 0) is 0 Å². The summed E-state index contributed by atoms with van der Waals surface area (Å²) in [5.41, 5.74) is 1.04. The van der Waals surface area contributed by atoms with Gasteiger partial charge in [0.05, 0.1) is 31.8 Å². The SMILES string of the molecule is [2H]c1c([2H])c(N(c2c([2H])c([2H])c([2H])c3c([2H])c([2H])c([2H])c([2H])c23)c2cccc3oc4c5ccccc5ccc4c23)c([2H])c([2H])c1-c1ccccc1. The maximum absolute atomic E-state index is 9.39. The first-order chi connectivity index (χ1) is 24.4. The van der Waals surface area contributed by atoms with E-state index in [4.69, 9.17) is 15.4 Å². The molecule has 1 heterocycles. The fourth-order valence-corrected chi connectivity index (χ4v) is 5.21. The summed E-state index contributed by atoms with van der Waals surface area (Å²) in [7, 11) is 0. The third kappa shape index (κ3) is 3.58. The molecule has 0 fully saturated rings. The van der Waals surface area contributed by atoms with Crippen molar-refractivity contribution in [2.75, 3.05) is 4.90 Å². The fourth-order valence-electron chi connectivity index (χ4n) is 5.21. The van der Waals surface area contributed by atoms with Crippen LogP contribution in [0.2, 0.25) is 0 Å². The Morgan fingerprint density at radius 3 is 2.20 bits per heavy atom. The van der Waals surface area contributed by atoms with E-state index in [0.717, 1.165) is 10.8 Å². The van der Waals surface area contributed by atoms with Crippen LogP contribution < -0.4 is 4.90 Å². The van der Waals surface area contributed by atoms with E-state index in [1.165, 1.54) is 4.90 Å². The second-order valence-electron chi connectivity index (χ2n) is 9.31. The second-order valence-corrected chi connectivity index (χ2v) is 9.31. The van der Waals surface area contributed by atoms with E-state index in [-0.39, 0.29) is 45.5 Å². The Hall–Kier alpha value is -5.34. The third-order valence-electron chi connectivity index (χ3n) is 7.02. The molecule has 40 heavy (non-hydrogen) atoms. The molecule has 0 unspecified atom stereocenters. The van der Waals surface area contributed by atoms with Crippen LogP contribution >= 0.6 is 0 Å². The van der Waals surface area contributed by atoms with E-state index >= 15 is 0 Å². The van der Waals surface area contributed by atoms with E-state index in [1.807, 2.05) is 36.4 Å². The van der Waals surface area contributed by atoms with Gasteiger partial charge in [-0.05, 0) is 58.2 Å². The Kier molecular flexibility index (Phi) is 3.24. The van der Waals surface area contributed by atoms with Crippen molar-refractivity contribution in [3.05, 3.63) is 151 Å². The predicted octanol–water partition coefficient (Wildman–Crippen LogP) is 11.0. The van der Waals surface area contributed by atoms with Crippen molar-refractivity contribution >= 4 is 60.5 Å². The molecule has 188 valence electrons. The smallest absolute Gasteiger partial charge is 0.143 e. The molecule has 0 aliphatic carbocycles. The average molecular weight is 523 g/mol. The molecule has 0 aliphatic heterocycles. The lowest BCUT2D eigenvalue weighted by molar-refractivity contribution is 0.672. The van der Waals surface area contributed by atoms with Crippen LogP contribution in [0.25, 0.3) is 54.6 Å². The zero-order valence-corrected chi connectivity index (χ0v) is 20.9. The van der Waals surface area contributed by atoms with Crippen molar-refractivity contribution in [3.63, 3.8) is 0 Å². The van der Waals surface area contributed by atoms with E-state index in [9.17, 15) is 4.11 Å². The van der Waals surface area contributed by atoms with Gasteiger partial charge in [-0.25, -0.2) is 0 Å². The van der Waals surface area contributed by atoms with Crippen LogP contribution in [0.4, 0.5) is 17.1 Å². The van der Waals surface area contributed by atoms with Crippen molar-refractivity contribution in [2.45, 2.75) is 0 Å². The van der Waals surface area contributed by atoms with Gasteiger partial charge in [-0.1, -0.05) is 115 Å². The first-order valence-corrected chi connectivity index (χ1v) is 12.7. The summed E-state index contributed by atoms with van der Waals surface area (Å²) in [6.07, 6.45) is 0. The fraction of sp³-hybridized carbons (Fsp3) is 0. The first-order valence-electron chi connectivity index (χ1n) is 18.2. The summed E-state index contributed by atoms with van der Waals surface area (Å²) >= 11 is 0. The zero-order chi connectivity index (χ0) is 36.0. The summed E-state index contributed by atoms with van der Waals surface area (Å²) in [4.78, 5) is 1.27. The highest BCUT2D eigenvalue weighted by Crippen LogP contribution is 2.46. The summed E-state index contributed by atoms with van der Waals surface area (Å²) in [6, 6.07) is 19.0. The zero-order valence-electron chi connectivity index (χ0n) is 31.9. The summed E-state index contributed by atoms with van der Waals surface area (Å²) in [5, 5.41) is 2.24. The van der Waals surface area contributed by atoms with Crippen LogP contribution in [0, 0.1) is 0 Å². The summed E-state index contributed by atoms with van der Waals surface area (Å²) < 4.78 is 105. The molecule has 0 radical (unpaired) electrons. The summed E-state index contributed by atoms with van der Waals surface area (Å²) in [5.74, 6) is 0. The maximum atomic E-state index is 9.39. The number of furan rings is 1. The number of anilines is 3. The molecule has 2 heteroatoms. The number of nitrogens with zero attached hydrogens (tertiary/aromatic N) is 1. The molecule has 0 spiro atoms. The minimum Gasteiger partial charge on any atom is -0.455 e. The van der Waals surface area contributed by atoms with Gasteiger partial charge in [0.1, 0.15) is 11.2 Å². The molecular weight excluding hydrogens is 486 g/mol. The Balaban J connectivity index is 1.60. The van der Waals surface area contributed by atoms with E-state index in [2.05, 4.69) is 0 Å². The Bertz CT molecular complexity index is 2740. The van der Waals surface area contributed by atoms with Crippen molar-refractivity contribution in [2.24, 2.45) is 0 Å². The lowest BCUT2D eigenvalue weighted by Gasteiger charge is -2.27. The highest BCUT2D eigenvalue weighted by molar-refractivity contribution is 6.20. The lowest BCUT2D eigenvalue weighted by atomic mass is 10.0. The molecule has 1 aromatic heterocycles. The largest absolute Gasteiger partial charge is 0.455 e. The third-order valence-corrected chi connectivity index (χ3v) is 7.02. The lowest BCUT2D eigenvalue weighted by Crippen LogP contribution is -2.10. The van der Waals surface area contributed by atoms with Crippen LogP contribution in [0.1, 0.15) is 15.1 Å². The molecule has 0 atom stereocenters.